The minimum Gasteiger partial charge on any atom is -0.487 e. The summed E-state index contributed by atoms with van der Waals surface area (Å²) in [7, 11) is 0. The van der Waals surface area contributed by atoms with Gasteiger partial charge in [-0.3, -0.25) is 0 Å². The molecule has 0 unspecified atom stereocenters. The average molecular weight is 340 g/mol. The highest BCUT2D eigenvalue weighted by molar-refractivity contribution is 7.96. The van der Waals surface area contributed by atoms with Gasteiger partial charge in [-0.1, -0.05) is 37.9 Å². The van der Waals surface area contributed by atoms with Crippen LogP contribution >= 0.6 is 11.9 Å². The smallest absolute Gasteiger partial charge is 0.413 e. The third kappa shape index (κ3) is 8.13. The SMILES string of the molecule is CCCN(CCC)SCNC(=O)Oc1ccccc1OC(C)C. The first kappa shape index (κ1) is 19.6. The van der Waals surface area contributed by atoms with Crippen molar-refractivity contribution in [2.75, 3.05) is 19.0 Å². The van der Waals surface area contributed by atoms with E-state index in [9.17, 15) is 4.79 Å². The number of nitrogens with zero attached hydrogens (tertiary/aromatic N) is 1. The Morgan fingerprint density at radius 1 is 1.17 bits per heavy atom. The van der Waals surface area contributed by atoms with Crippen LogP contribution in [-0.4, -0.2) is 35.5 Å². The van der Waals surface area contributed by atoms with Crippen LogP contribution in [0.3, 0.4) is 0 Å². The maximum Gasteiger partial charge on any atom is 0.413 e. The Kier molecular flexibility index (Phi) is 9.55. The van der Waals surface area contributed by atoms with Crippen LogP contribution in [0.25, 0.3) is 0 Å². The van der Waals surface area contributed by atoms with Crippen molar-refractivity contribution in [3.63, 3.8) is 0 Å². The van der Waals surface area contributed by atoms with Crippen LogP contribution in [0, 0.1) is 0 Å². The van der Waals surface area contributed by atoms with E-state index in [1.165, 1.54) is 0 Å². The van der Waals surface area contributed by atoms with Gasteiger partial charge in [0, 0.05) is 13.1 Å². The first-order valence-corrected chi connectivity index (χ1v) is 9.10. The van der Waals surface area contributed by atoms with Crippen LogP contribution in [-0.2, 0) is 0 Å². The van der Waals surface area contributed by atoms with Crippen molar-refractivity contribution >= 4 is 18.0 Å². The highest BCUT2D eigenvalue weighted by atomic mass is 32.2. The molecule has 1 amide bonds. The molecule has 0 spiro atoms. The zero-order valence-electron chi connectivity index (χ0n) is 14.5. The lowest BCUT2D eigenvalue weighted by molar-refractivity contribution is 0.193. The van der Waals surface area contributed by atoms with E-state index in [1.54, 1.807) is 24.1 Å². The number of para-hydroxylation sites is 2. The molecule has 0 aliphatic heterocycles. The molecule has 0 fully saturated rings. The Morgan fingerprint density at radius 2 is 1.78 bits per heavy atom. The van der Waals surface area contributed by atoms with E-state index in [-0.39, 0.29) is 6.10 Å². The molecule has 130 valence electrons. The average Bonchev–Trinajstić information content (AvgIpc) is 2.49. The van der Waals surface area contributed by atoms with Gasteiger partial charge in [0.25, 0.3) is 0 Å². The van der Waals surface area contributed by atoms with Crippen molar-refractivity contribution in [3.05, 3.63) is 24.3 Å². The Bertz CT molecular complexity index is 463. The molecular formula is C17H28N2O3S. The van der Waals surface area contributed by atoms with Gasteiger partial charge in [0.1, 0.15) is 0 Å². The van der Waals surface area contributed by atoms with Crippen LogP contribution in [0.5, 0.6) is 11.5 Å². The predicted octanol–water partition coefficient (Wildman–Crippen LogP) is 4.29. The van der Waals surface area contributed by atoms with Gasteiger partial charge in [0.2, 0.25) is 0 Å². The molecular weight excluding hydrogens is 312 g/mol. The molecule has 0 atom stereocenters. The summed E-state index contributed by atoms with van der Waals surface area (Å²) >= 11 is 1.61. The van der Waals surface area contributed by atoms with Crippen LogP contribution < -0.4 is 14.8 Å². The second-order valence-corrected chi connectivity index (χ2v) is 6.45. The number of hydrogen-bond acceptors (Lipinski definition) is 5. The molecule has 23 heavy (non-hydrogen) atoms. The van der Waals surface area contributed by atoms with Crippen molar-refractivity contribution in [1.29, 1.82) is 0 Å². The Balaban J connectivity index is 2.44. The lowest BCUT2D eigenvalue weighted by atomic mass is 10.3. The second kappa shape index (κ2) is 11.2. The van der Waals surface area contributed by atoms with Crippen molar-refractivity contribution in [3.8, 4) is 11.5 Å². The molecule has 0 aliphatic carbocycles. The van der Waals surface area contributed by atoms with Gasteiger partial charge >= 0.3 is 6.09 Å². The maximum atomic E-state index is 11.9. The van der Waals surface area contributed by atoms with Gasteiger partial charge in [-0.2, -0.15) is 0 Å². The van der Waals surface area contributed by atoms with E-state index in [2.05, 4.69) is 23.5 Å². The van der Waals surface area contributed by atoms with E-state index in [0.717, 1.165) is 25.9 Å². The summed E-state index contributed by atoms with van der Waals surface area (Å²) in [4.78, 5) is 11.9. The quantitative estimate of drug-likeness (QED) is 0.508. The second-order valence-electron chi connectivity index (χ2n) is 5.38. The van der Waals surface area contributed by atoms with Gasteiger partial charge in [-0.25, -0.2) is 9.10 Å². The highest BCUT2D eigenvalue weighted by Crippen LogP contribution is 2.27. The van der Waals surface area contributed by atoms with Crippen LogP contribution in [0.4, 0.5) is 4.79 Å². The molecule has 1 rings (SSSR count). The number of carbonyl (C=O) groups is 1. The summed E-state index contributed by atoms with van der Waals surface area (Å²) in [5, 5.41) is 2.76. The molecule has 0 bridgehead atoms. The summed E-state index contributed by atoms with van der Waals surface area (Å²) < 4.78 is 13.2. The van der Waals surface area contributed by atoms with Gasteiger partial charge in [-0.05, 0) is 38.8 Å². The Hall–Kier alpha value is -1.40. The number of benzene rings is 1. The van der Waals surface area contributed by atoms with Gasteiger partial charge in [-0.15, -0.1) is 0 Å². The number of carbonyl (C=O) groups excluding carboxylic acids is 1. The summed E-state index contributed by atoms with van der Waals surface area (Å²) in [6.45, 7) is 10.2. The van der Waals surface area contributed by atoms with E-state index < -0.39 is 6.09 Å². The fraction of sp³-hybridized carbons (Fsp3) is 0.588. The van der Waals surface area contributed by atoms with Crippen LogP contribution in [0.1, 0.15) is 40.5 Å². The van der Waals surface area contributed by atoms with Crippen LogP contribution in [0.15, 0.2) is 24.3 Å². The third-order valence-corrected chi connectivity index (χ3v) is 3.83. The van der Waals surface area contributed by atoms with Crippen molar-refractivity contribution in [2.24, 2.45) is 0 Å². The minimum absolute atomic E-state index is 0.0232. The summed E-state index contributed by atoms with van der Waals surface area (Å²) in [5.74, 6) is 1.50. The van der Waals surface area contributed by atoms with Crippen molar-refractivity contribution in [2.45, 2.75) is 46.6 Å². The standard InChI is InChI=1S/C17H28N2O3S/c1-5-11-19(12-6-2)23-13-18-17(20)22-16-10-8-7-9-15(16)21-14(3)4/h7-10,14H,5-6,11-13H2,1-4H3,(H,18,20). The van der Waals surface area contributed by atoms with E-state index in [4.69, 9.17) is 9.47 Å². The molecule has 0 heterocycles. The van der Waals surface area contributed by atoms with Gasteiger partial charge in [0.05, 0.1) is 12.0 Å². The topological polar surface area (TPSA) is 50.8 Å². The predicted molar refractivity (Wildman–Crippen MR) is 96.0 cm³/mol. The third-order valence-electron chi connectivity index (χ3n) is 2.82. The van der Waals surface area contributed by atoms with Crippen molar-refractivity contribution in [1.82, 2.24) is 9.62 Å². The largest absolute Gasteiger partial charge is 0.487 e. The molecule has 0 aliphatic rings. The molecule has 0 saturated heterocycles. The fourth-order valence-electron chi connectivity index (χ4n) is 1.94. The monoisotopic (exact) mass is 340 g/mol. The molecule has 1 N–H and O–H groups in total. The highest BCUT2D eigenvalue weighted by Gasteiger charge is 2.11. The summed E-state index contributed by atoms with van der Waals surface area (Å²) in [5.41, 5.74) is 0. The Morgan fingerprint density at radius 3 is 2.35 bits per heavy atom. The lowest BCUT2D eigenvalue weighted by Crippen LogP contribution is -2.29. The van der Waals surface area contributed by atoms with E-state index >= 15 is 0 Å². The molecule has 0 aromatic heterocycles. The number of ether oxygens (including phenoxy) is 2. The molecule has 6 heteroatoms. The first-order valence-electron chi connectivity index (χ1n) is 8.16. The zero-order valence-corrected chi connectivity index (χ0v) is 15.3. The number of nitrogens with one attached hydrogen (secondary N) is 1. The molecule has 1 aromatic carbocycles. The summed E-state index contributed by atoms with van der Waals surface area (Å²) in [6, 6.07) is 7.19. The minimum atomic E-state index is -0.467. The van der Waals surface area contributed by atoms with E-state index in [1.807, 2.05) is 26.0 Å². The Labute approximate surface area is 143 Å². The lowest BCUT2D eigenvalue weighted by Gasteiger charge is -2.19. The molecule has 1 aromatic rings. The number of rotatable bonds is 10. The number of amides is 1. The molecule has 5 nitrogen and oxygen atoms in total. The van der Waals surface area contributed by atoms with Crippen LogP contribution in [0.2, 0.25) is 0 Å². The van der Waals surface area contributed by atoms with Gasteiger partial charge < -0.3 is 14.8 Å². The van der Waals surface area contributed by atoms with Gasteiger partial charge in [0.15, 0.2) is 11.5 Å². The molecule has 0 radical (unpaired) electrons. The van der Waals surface area contributed by atoms with Crippen molar-refractivity contribution < 1.29 is 14.3 Å². The van der Waals surface area contributed by atoms with E-state index in [0.29, 0.717) is 17.4 Å². The molecule has 0 saturated carbocycles. The maximum absolute atomic E-state index is 11.9. The zero-order chi connectivity index (χ0) is 17.1. The number of hydrogen-bond donors (Lipinski definition) is 1. The fourth-order valence-corrected chi connectivity index (χ4v) is 2.93. The summed E-state index contributed by atoms with van der Waals surface area (Å²) in [6.07, 6.45) is 1.75. The normalized spacial score (nSPS) is 10.9. The first-order chi connectivity index (χ1) is 11.1.